The zero-order valence-electron chi connectivity index (χ0n) is 13.0. The molecular weight excluding hydrogens is 288 g/mol. The van der Waals surface area contributed by atoms with Crippen molar-refractivity contribution in [1.29, 1.82) is 0 Å². The molecule has 1 aliphatic rings. The van der Waals surface area contributed by atoms with E-state index in [0.29, 0.717) is 19.5 Å². The highest BCUT2D eigenvalue weighted by atomic mass is 32.2. The van der Waals surface area contributed by atoms with E-state index >= 15 is 0 Å². The molecular formula is C14H26N4O2S. The molecule has 0 unspecified atom stereocenters. The zero-order valence-corrected chi connectivity index (χ0v) is 13.8. The summed E-state index contributed by atoms with van der Waals surface area (Å²) in [7, 11) is -3.06. The highest BCUT2D eigenvalue weighted by Gasteiger charge is 2.28. The maximum absolute atomic E-state index is 12.0. The maximum Gasteiger partial charge on any atom is 0.214 e. The van der Waals surface area contributed by atoms with Crippen molar-refractivity contribution in [2.75, 3.05) is 18.8 Å². The number of aromatic nitrogens is 3. The molecule has 21 heavy (non-hydrogen) atoms. The second-order valence-electron chi connectivity index (χ2n) is 5.74. The Morgan fingerprint density at radius 1 is 1.24 bits per heavy atom. The van der Waals surface area contributed by atoms with Crippen LogP contribution in [0.2, 0.25) is 0 Å². The van der Waals surface area contributed by atoms with Gasteiger partial charge in [0.2, 0.25) is 10.0 Å². The van der Waals surface area contributed by atoms with Crippen molar-refractivity contribution in [3.63, 3.8) is 0 Å². The van der Waals surface area contributed by atoms with Gasteiger partial charge in [-0.3, -0.25) is 0 Å². The van der Waals surface area contributed by atoms with Gasteiger partial charge in [-0.05, 0) is 32.1 Å². The molecule has 7 heteroatoms. The van der Waals surface area contributed by atoms with Crippen molar-refractivity contribution in [1.82, 2.24) is 19.3 Å². The Labute approximate surface area is 127 Å². The number of unbranched alkanes of at least 4 members (excludes halogenated alkanes) is 1. The Hall–Kier alpha value is -0.950. The van der Waals surface area contributed by atoms with Crippen LogP contribution in [-0.4, -0.2) is 46.6 Å². The molecule has 0 N–H and O–H groups in total. The normalized spacial score (nSPS) is 18.2. The van der Waals surface area contributed by atoms with Crippen molar-refractivity contribution in [2.24, 2.45) is 0 Å². The summed E-state index contributed by atoms with van der Waals surface area (Å²) in [5.74, 6) is 0.252. The van der Waals surface area contributed by atoms with Crippen molar-refractivity contribution in [3.05, 3.63) is 11.9 Å². The average molecular weight is 314 g/mol. The third kappa shape index (κ3) is 4.26. The minimum Gasteiger partial charge on any atom is -0.249 e. The van der Waals surface area contributed by atoms with E-state index in [1.54, 1.807) is 4.31 Å². The standard InChI is InChI=1S/C14H26N4O2S/c1-3-5-6-13-12-18(16-15-13)14-7-9-17(10-8-14)21(19,20)11-4-2/h12,14H,3-11H2,1-2H3. The number of hydrogen-bond acceptors (Lipinski definition) is 4. The van der Waals surface area contributed by atoms with Crippen molar-refractivity contribution in [3.8, 4) is 0 Å². The lowest BCUT2D eigenvalue weighted by atomic mass is 10.1. The van der Waals surface area contributed by atoms with Gasteiger partial charge in [-0.25, -0.2) is 17.4 Å². The van der Waals surface area contributed by atoms with Gasteiger partial charge in [0.15, 0.2) is 0 Å². The summed E-state index contributed by atoms with van der Waals surface area (Å²) in [5, 5.41) is 8.42. The van der Waals surface area contributed by atoms with E-state index in [-0.39, 0.29) is 11.8 Å². The topological polar surface area (TPSA) is 68.1 Å². The molecule has 6 nitrogen and oxygen atoms in total. The first-order chi connectivity index (χ1) is 10.1. The molecule has 2 heterocycles. The Balaban J connectivity index is 1.90. The molecule has 0 radical (unpaired) electrons. The van der Waals surface area contributed by atoms with Crippen LogP contribution in [0.25, 0.3) is 0 Å². The summed E-state index contributed by atoms with van der Waals surface area (Å²) < 4.78 is 27.6. The third-order valence-corrected chi connectivity index (χ3v) is 6.07. The number of rotatable bonds is 7. The van der Waals surface area contributed by atoms with E-state index in [0.717, 1.165) is 37.8 Å². The minimum atomic E-state index is -3.06. The molecule has 0 aromatic carbocycles. The van der Waals surface area contributed by atoms with Gasteiger partial charge < -0.3 is 0 Å². The predicted molar refractivity (Wildman–Crippen MR) is 82.6 cm³/mol. The smallest absolute Gasteiger partial charge is 0.214 e. The van der Waals surface area contributed by atoms with Gasteiger partial charge in [0.05, 0.1) is 17.5 Å². The SMILES string of the molecule is CCCCc1cn(C2CCN(S(=O)(=O)CCC)CC2)nn1. The molecule has 0 spiro atoms. The summed E-state index contributed by atoms with van der Waals surface area (Å²) in [6.45, 7) is 5.25. The molecule has 0 atom stereocenters. The van der Waals surface area contributed by atoms with Crippen molar-refractivity contribution < 1.29 is 8.42 Å². The van der Waals surface area contributed by atoms with E-state index in [9.17, 15) is 8.42 Å². The van der Waals surface area contributed by atoms with E-state index in [2.05, 4.69) is 17.2 Å². The first kappa shape index (κ1) is 16.4. The van der Waals surface area contributed by atoms with Gasteiger partial charge in [0, 0.05) is 19.3 Å². The Bertz CT molecular complexity index is 533. The van der Waals surface area contributed by atoms with Gasteiger partial charge in [-0.2, -0.15) is 0 Å². The fraction of sp³-hybridized carbons (Fsp3) is 0.857. The van der Waals surface area contributed by atoms with Gasteiger partial charge >= 0.3 is 0 Å². The van der Waals surface area contributed by atoms with Crippen LogP contribution in [0.4, 0.5) is 0 Å². The van der Waals surface area contributed by atoms with E-state index in [1.807, 2.05) is 17.8 Å². The van der Waals surface area contributed by atoms with Crippen LogP contribution in [0.1, 0.15) is 57.7 Å². The molecule has 0 saturated carbocycles. The fourth-order valence-electron chi connectivity index (χ4n) is 2.74. The van der Waals surface area contributed by atoms with Crippen molar-refractivity contribution >= 4 is 10.0 Å². The third-order valence-electron chi connectivity index (χ3n) is 4.00. The molecule has 120 valence electrons. The average Bonchev–Trinajstić information content (AvgIpc) is 2.94. The molecule has 2 rings (SSSR count). The molecule has 1 aromatic heterocycles. The van der Waals surface area contributed by atoms with E-state index in [4.69, 9.17) is 0 Å². The lowest BCUT2D eigenvalue weighted by Crippen LogP contribution is -2.40. The fourth-order valence-corrected chi connectivity index (χ4v) is 4.28. The first-order valence-electron chi connectivity index (χ1n) is 7.95. The number of nitrogens with zero attached hydrogens (tertiary/aromatic N) is 4. The monoisotopic (exact) mass is 314 g/mol. The summed E-state index contributed by atoms with van der Waals surface area (Å²) in [6, 6.07) is 0.279. The number of aryl methyl sites for hydroxylation is 1. The zero-order chi connectivity index (χ0) is 15.3. The second-order valence-corrected chi connectivity index (χ2v) is 7.83. The summed E-state index contributed by atoms with van der Waals surface area (Å²) in [4.78, 5) is 0. The molecule has 1 saturated heterocycles. The molecule has 1 aliphatic heterocycles. The molecule has 0 aliphatic carbocycles. The first-order valence-corrected chi connectivity index (χ1v) is 9.56. The highest BCUT2D eigenvalue weighted by Crippen LogP contribution is 2.24. The molecule has 0 amide bonds. The molecule has 0 bridgehead atoms. The van der Waals surface area contributed by atoms with Crippen molar-refractivity contribution in [2.45, 2.75) is 58.4 Å². The Morgan fingerprint density at radius 2 is 1.95 bits per heavy atom. The molecule has 1 fully saturated rings. The summed E-state index contributed by atoms with van der Waals surface area (Å²) >= 11 is 0. The minimum absolute atomic E-state index is 0.252. The second kappa shape index (κ2) is 7.35. The lowest BCUT2D eigenvalue weighted by Gasteiger charge is -2.30. The Kier molecular flexibility index (Phi) is 5.75. The quantitative estimate of drug-likeness (QED) is 0.772. The largest absolute Gasteiger partial charge is 0.249 e. The van der Waals surface area contributed by atoms with Gasteiger partial charge in [-0.15, -0.1) is 5.10 Å². The summed E-state index contributed by atoms with van der Waals surface area (Å²) in [5.41, 5.74) is 1.04. The van der Waals surface area contributed by atoms with Crippen LogP contribution in [-0.2, 0) is 16.4 Å². The van der Waals surface area contributed by atoms with Gasteiger partial charge in [0.25, 0.3) is 0 Å². The van der Waals surface area contributed by atoms with Gasteiger partial charge in [0.1, 0.15) is 0 Å². The summed E-state index contributed by atoms with van der Waals surface area (Å²) in [6.07, 6.45) is 7.59. The number of hydrogen-bond donors (Lipinski definition) is 0. The van der Waals surface area contributed by atoms with Crippen LogP contribution in [0, 0.1) is 0 Å². The van der Waals surface area contributed by atoms with Gasteiger partial charge in [-0.1, -0.05) is 25.5 Å². The number of piperidine rings is 1. The van der Waals surface area contributed by atoms with Crippen LogP contribution < -0.4 is 0 Å². The predicted octanol–water partition coefficient (Wildman–Crippen LogP) is 2.00. The Morgan fingerprint density at radius 3 is 2.57 bits per heavy atom. The van der Waals surface area contributed by atoms with Crippen LogP contribution >= 0.6 is 0 Å². The van der Waals surface area contributed by atoms with E-state index < -0.39 is 10.0 Å². The van der Waals surface area contributed by atoms with E-state index in [1.165, 1.54) is 0 Å². The van der Waals surface area contributed by atoms with Crippen LogP contribution in [0.5, 0.6) is 0 Å². The maximum atomic E-state index is 12.0. The highest BCUT2D eigenvalue weighted by molar-refractivity contribution is 7.89. The lowest BCUT2D eigenvalue weighted by molar-refractivity contribution is 0.258. The molecule has 1 aromatic rings. The van der Waals surface area contributed by atoms with Crippen LogP contribution in [0.3, 0.4) is 0 Å². The number of sulfonamides is 1. The van der Waals surface area contributed by atoms with Crippen LogP contribution in [0.15, 0.2) is 6.20 Å².